The number of ether oxygens (including phenoxy) is 1. The van der Waals surface area contributed by atoms with Gasteiger partial charge in [-0.3, -0.25) is 9.48 Å². The number of rotatable bonds is 8. The van der Waals surface area contributed by atoms with E-state index in [-0.39, 0.29) is 18.4 Å². The maximum atomic E-state index is 11.3. The van der Waals surface area contributed by atoms with Gasteiger partial charge < -0.3 is 20.5 Å². The normalized spacial score (nSPS) is 16.5. The highest BCUT2D eigenvalue weighted by Crippen LogP contribution is 2.34. The minimum atomic E-state index is -0.605. The Kier molecular flexibility index (Phi) is 6.53. The molecule has 7 heteroatoms. The third kappa shape index (κ3) is 4.89. The Balaban J connectivity index is 1.42. The largest absolute Gasteiger partial charge is 0.490 e. The van der Waals surface area contributed by atoms with E-state index in [4.69, 9.17) is 10.5 Å². The molecule has 1 aliphatic rings. The summed E-state index contributed by atoms with van der Waals surface area (Å²) in [6.45, 7) is 5.18. The summed E-state index contributed by atoms with van der Waals surface area (Å²) < 4.78 is 7.94. The fourth-order valence-electron chi connectivity index (χ4n) is 4.26. The van der Waals surface area contributed by atoms with E-state index >= 15 is 0 Å². The molecule has 0 saturated carbocycles. The number of amides is 1. The number of hydrogen-bond donors (Lipinski definition) is 2. The van der Waals surface area contributed by atoms with Crippen LogP contribution in [0.5, 0.6) is 5.75 Å². The van der Waals surface area contributed by atoms with Crippen LogP contribution < -0.4 is 10.5 Å². The molecule has 3 aromatic rings. The van der Waals surface area contributed by atoms with Crippen LogP contribution in [0.3, 0.4) is 0 Å². The number of aryl methyl sites for hydroxylation is 1. The Hall–Kier alpha value is -2.90. The Morgan fingerprint density at radius 2 is 1.97 bits per heavy atom. The number of hydrogen-bond acceptors (Lipinski definition) is 5. The van der Waals surface area contributed by atoms with Crippen molar-refractivity contribution in [2.45, 2.75) is 32.4 Å². The second-order valence-corrected chi connectivity index (χ2v) is 8.18. The first-order valence-corrected chi connectivity index (χ1v) is 10.9. The molecule has 164 valence electrons. The smallest absolute Gasteiger partial charge is 0.220 e. The van der Waals surface area contributed by atoms with E-state index in [0.29, 0.717) is 6.54 Å². The van der Waals surface area contributed by atoms with Gasteiger partial charge in [-0.2, -0.15) is 5.10 Å². The number of β-amino-alcohol motifs (C(OH)–C–C–N with tert-alkyl or cyclic N) is 1. The first-order chi connectivity index (χ1) is 15.0. The zero-order chi connectivity index (χ0) is 21.8. The van der Waals surface area contributed by atoms with Gasteiger partial charge in [-0.25, -0.2) is 0 Å². The van der Waals surface area contributed by atoms with Crippen molar-refractivity contribution in [1.82, 2.24) is 14.7 Å². The minimum absolute atomic E-state index is 0.0426. The average molecular weight is 423 g/mol. The molecule has 3 N–H and O–H groups in total. The lowest BCUT2D eigenvalue weighted by Gasteiger charge is -2.31. The highest BCUT2D eigenvalue weighted by atomic mass is 16.5. The van der Waals surface area contributed by atoms with Gasteiger partial charge in [0.05, 0.1) is 6.20 Å². The van der Waals surface area contributed by atoms with Crippen LogP contribution >= 0.6 is 0 Å². The van der Waals surface area contributed by atoms with Gasteiger partial charge in [0, 0.05) is 36.2 Å². The van der Waals surface area contributed by atoms with Crippen LogP contribution in [0.15, 0.2) is 48.8 Å². The van der Waals surface area contributed by atoms with E-state index in [0.717, 1.165) is 60.1 Å². The maximum Gasteiger partial charge on any atom is 0.220 e. The van der Waals surface area contributed by atoms with Crippen molar-refractivity contribution in [2.24, 2.45) is 11.7 Å². The monoisotopic (exact) mass is 422 g/mol. The first-order valence-electron chi connectivity index (χ1n) is 10.9. The second-order valence-electron chi connectivity index (χ2n) is 8.18. The molecule has 4 rings (SSSR count). The number of likely N-dealkylation sites (tertiary alicyclic amines) is 1. The number of carbonyl (C=O) groups excluding carboxylic acids is 1. The number of fused-ring (bicyclic) bond motifs is 1. The van der Waals surface area contributed by atoms with Crippen molar-refractivity contribution in [1.29, 1.82) is 0 Å². The van der Waals surface area contributed by atoms with Crippen molar-refractivity contribution in [2.75, 3.05) is 26.2 Å². The van der Waals surface area contributed by atoms with E-state index in [1.165, 1.54) is 0 Å². The van der Waals surface area contributed by atoms with Crippen LogP contribution in [-0.2, 0) is 11.3 Å². The van der Waals surface area contributed by atoms with Crippen molar-refractivity contribution in [3.05, 3.63) is 48.8 Å². The van der Waals surface area contributed by atoms with E-state index in [1.807, 2.05) is 41.3 Å². The van der Waals surface area contributed by atoms with Gasteiger partial charge in [0.15, 0.2) is 0 Å². The molecule has 1 aliphatic heterocycles. The van der Waals surface area contributed by atoms with E-state index < -0.39 is 6.10 Å². The van der Waals surface area contributed by atoms with Gasteiger partial charge in [-0.15, -0.1) is 0 Å². The molecule has 0 bridgehead atoms. The van der Waals surface area contributed by atoms with E-state index in [2.05, 4.69) is 29.1 Å². The van der Waals surface area contributed by atoms with Crippen molar-refractivity contribution < 1.29 is 14.6 Å². The molecule has 7 nitrogen and oxygen atoms in total. The Labute approximate surface area is 182 Å². The molecule has 1 aromatic heterocycles. The zero-order valence-electron chi connectivity index (χ0n) is 17.9. The lowest BCUT2D eigenvalue weighted by atomic mass is 9.96. The molecule has 1 amide bonds. The van der Waals surface area contributed by atoms with Crippen LogP contribution in [0.25, 0.3) is 21.9 Å². The highest BCUT2D eigenvalue weighted by molar-refractivity contribution is 5.99. The van der Waals surface area contributed by atoms with Gasteiger partial charge in [0.2, 0.25) is 5.91 Å². The Morgan fingerprint density at radius 1 is 1.23 bits per heavy atom. The predicted octanol–water partition coefficient (Wildman–Crippen LogP) is 2.66. The van der Waals surface area contributed by atoms with Crippen LogP contribution in [-0.4, -0.2) is 58.0 Å². The molecule has 0 radical (unpaired) electrons. The third-order valence-corrected chi connectivity index (χ3v) is 6.04. The first kappa shape index (κ1) is 21.3. The van der Waals surface area contributed by atoms with E-state index in [9.17, 15) is 9.90 Å². The number of aromatic nitrogens is 2. The molecule has 2 heterocycles. The van der Waals surface area contributed by atoms with Crippen molar-refractivity contribution >= 4 is 16.7 Å². The molecule has 31 heavy (non-hydrogen) atoms. The van der Waals surface area contributed by atoms with Crippen LogP contribution in [0, 0.1) is 5.92 Å². The third-order valence-electron chi connectivity index (χ3n) is 6.04. The SMILES string of the molecule is CCn1cc(-c2ccc(OCC(O)CN3CCC(C(N)=O)CC3)c3ccccc23)cn1. The lowest BCUT2D eigenvalue weighted by molar-refractivity contribution is -0.123. The summed E-state index contributed by atoms with van der Waals surface area (Å²) in [7, 11) is 0. The molecule has 2 aromatic carbocycles. The molecular weight excluding hydrogens is 392 g/mol. The number of piperidine rings is 1. The number of benzene rings is 2. The molecule has 1 fully saturated rings. The van der Waals surface area contributed by atoms with Crippen LogP contribution in [0.4, 0.5) is 0 Å². The number of nitrogens with two attached hydrogens (primary N) is 1. The average Bonchev–Trinajstić information content (AvgIpc) is 3.27. The lowest BCUT2D eigenvalue weighted by Crippen LogP contribution is -2.43. The number of primary amides is 1. The standard InChI is InChI=1S/C24H30N4O3/c1-2-28-14-18(13-26-28)20-7-8-23(22-6-4-3-5-21(20)22)31-16-19(29)15-27-11-9-17(10-12-27)24(25)30/h3-8,13-14,17,19,29H,2,9-12,15-16H2,1H3,(H2,25,30). The summed E-state index contributed by atoms with van der Waals surface area (Å²) in [6.07, 6.45) is 4.84. The van der Waals surface area contributed by atoms with Gasteiger partial charge in [0.1, 0.15) is 18.5 Å². The Morgan fingerprint density at radius 3 is 2.65 bits per heavy atom. The maximum absolute atomic E-state index is 11.3. The van der Waals surface area contributed by atoms with Gasteiger partial charge >= 0.3 is 0 Å². The summed E-state index contributed by atoms with van der Waals surface area (Å²) in [5.41, 5.74) is 7.58. The molecule has 0 aliphatic carbocycles. The molecule has 1 unspecified atom stereocenters. The fourth-order valence-corrected chi connectivity index (χ4v) is 4.26. The number of aliphatic hydroxyl groups excluding tert-OH is 1. The molecular formula is C24H30N4O3. The molecule has 1 atom stereocenters. The number of carbonyl (C=O) groups is 1. The summed E-state index contributed by atoms with van der Waals surface area (Å²) in [5.74, 6) is 0.494. The van der Waals surface area contributed by atoms with Crippen LogP contribution in [0.2, 0.25) is 0 Å². The van der Waals surface area contributed by atoms with Crippen molar-refractivity contribution in [3.63, 3.8) is 0 Å². The van der Waals surface area contributed by atoms with Gasteiger partial charge in [-0.1, -0.05) is 24.3 Å². The van der Waals surface area contributed by atoms with Gasteiger partial charge in [-0.05, 0) is 55.9 Å². The predicted molar refractivity (Wildman–Crippen MR) is 121 cm³/mol. The highest BCUT2D eigenvalue weighted by Gasteiger charge is 2.24. The molecule has 0 spiro atoms. The molecule has 1 saturated heterocycles. The van der Waals surface area contributed by atoms with Gasteiger partial charge in [0.25, 0.3) is 0 Å². The van der Waals surface area contributed by atoms with E-state index in [1.54, 1.807) is 0 Å². The summed E-state index contributed by atoms with van der Waals surface area (Å²) in [6, 6.07) is 12.2. The van der Waals surface area contributed by atoms with Crippen molar-refractivity contribution in [3.8, 4) is 16.9 Å². The number of aliphatic hydroxyl groups is 1. The second kappa shape index (κ2) is 9.49. The zero-order valence-corrected chi connectivity index (χ0v) is 17.9. The Bertz CT molecular complexity index is 1040. The summed E-state index contributed by atoms with van der Waals surface area (Å²) in [4.78, 5) is 13.5. The van der Waals surface area contributed by atoms with Crippen LogP contribution in [0.1, 0.15) is 19.8 Å². The quantitative estimate of drug-likeness (QED) is 0.582. The fraction of sp³-hybridized carbons (Fsp3) is 0.417. The number of nitrogens with zero attached hydrogens (tertiary/aromatic N) is 3. The minimum Gasteiger partial charge on any atom is -0.490 e. The summed E-state index contributed by atoms with van der Waals surface area (Å²) in [5, 5.41) is 17.0. The summed E-state index contributed by atoms with van der Waals surface area (Å²) >= 11 is 0. The topological polar surface area (TPSA) is 93.6 Å².